The van der Waals surface area contributed by atoms with E-state index in [2.05, 4.69) is 17.2 Å². The van der Waals surface area contributed by atoms with Crippen LogP contribution in [0.2, 0.25) is 0 Å². The highest BCUT2D eigenvalue weighted by atomic mass is 32.1. The molecule has 20 heavy (non-hydrogen) atoms. The van der Waals surface area contributed by atoms with E-state index < -0.39 is 0 Å². The van der Waals surface area contributed by atoms with Gasteiger partial charge in [0.05, 0.1) is 17.0 Å². The molecular formula is C14H18N2O3S. The van der Waals surface area contributed by atoms with Gasteiger partial charge in [0, 0.05) is 24.8 Å². The Hall–Kier alpha value is -1.84. The number of nitrogens with one attached hydrogen (secondary N) is 1. The number of carbonyl (C=O) groups is 2. The lowest BCUT2D eigenvalue weighted by Crippen LogP contribution is -2.24. The summed E-state index contributed by atoms with van der Waals surface area (Å²) in [5, 5.41) is 13.2. The van der Waals surface area contributed by atoms with E-state index in [9.17, 15) is 9.59 Å². The van der Waals surface area contributed by atoms with Crippen molar-refractivity contribution in [2.45, 2.75) is 25.7 Å². The van der Waals surface area contributed by atoms with Crippen molar-refractivity contribution in [2.24, 2.45) is 5.73 Å². The largest absolute Gasteiger partial charge is 0.395 e. The van der Waals surface area contributed by atoms with Gasteiger partial charge in [-0.05, 0) is 18.9 Å². The van der Waals surface area contributed by atoms with Crippen LogP contribution in [-0.4, -0.2) is 30.1 Å². The zero-order valence-electron chi connectivity index (χ0n) is 11.1. The van der Waals surface area contributed by atoms with Gasteiger partial charge in [0.2, 0.25) is 5.91 Å². The lowest BCUT2D eigenvalue weighted by atomic mass is 10.2. The number of amides is 2. The lowest BCUT2D eigenvalue weighted by Gasteiger charge is -2.02. The molecule has 0 aliphatic heterocycles. The van der Waals surface area contributed by atoms with Crippen LogP contribution in [0, 0.1) is 11.8 Å². The second-order valence-electron chi connectivity index (χ2n) is 4.15. The summed E-state index contributed by atoms with van der Waals surface area (Å²) in [4.78, 5) is 23.1. The van der Waals surface area contributed by atoms with Gasteiger partial charge in [0.1, 0.15) is 0 Å². The first-order valence-electron chi connectivity index (χ1n) is 6.38. The highest BCUT2D eigenvalue weighted by Gasteiger charge is 2.07. The number of aliphatic hydroxyl groups excluding tert-OH is 1. The van der Waals surface area contributed by atoms with Crippen LogP contribution < -0.4 is 11.1 Å². The number of carbonyl (C=O) groups excluding carboxylic acids is 2. The molecule has 0 bridgehead atoms. The van der Waals surface area contributed by atoms with Crippen LogP contribution in [0.3, 0.4) is 0 Å². The predicted octanol–water partition coefficient (Wildman–Crippen LogP) is 0.867. The Balaban J connectivity index is 2.33. The molecule has 1 aromatic heterocycles. The molecule has 0 unspecified atom stereocenters. The first-order chi connectivity index (χ1) is 9.63. The molecule has 0 aliphatic carbocycles. The monoisotopic (exact) mass is 294 g/mol. The summed E-state index contributed by atoms with van der Waals surface area (Å²) in [6.45, 7) is 0.560. The summed E-state index contributed by atoms with van der Waals surface area (Å²) in [5.41, 5.74) is 5.61. The Morgan fingerprint density at radius 2 is 2.20 bits per heavy atom. The van der Waals surface area contributed by atoms with E-state index in [4.69, 9.17) is 10.8 Å². The van der Waals surface area contributed by atoms with Gasteiger partial charge >= 0.3 is 0 Å². The molecule has 0 radical (unpaired) electrons. The minimum Gasteiger partial charge on any atom is -0.395 e. The fourth-order valence-electron chi connectivity index (χ4n) is 1.45. The van der Waals surface area contributed by atoms with Crippen molar-refractivity contribution >= 4 is 23.2 Å². The molecule has 0 atom stereocenters. The molecular weight excluding hydrogens is 276 g/mol. The van der Waals surface area contributed by atoms with Gasteiger partial charge in [0.15, 0.2) is 0 Å². The molecule has 0 fully saturated rings. The van der Waals surface area contributed by atoms with Gasteiger partial charge in [0.25, 0.3) is 5.91 Å². The number of aliphatic hydroxyl groups is 1. The van der Waals surface area contributed by atoms with Crippen LogP contribution in [0.15, 0.2) is 11.4 Å². The van der Waals surface area contributed by atoms with E-state index in [0.29, 0.717) is 31.4 Å². The van der Waals surface area contributed by atoms with E-state index in [1.807, 2.05) is 0 Å². The van der Waals surface area contributed by atoms with Crippen molar-refractivity contribution in [3.05, 3.63) is 21.9 Å². The van der Waals surface area contributed by atoms with Crippen molar-refractivity contribution in [1.29, 1.82) is 0 Å². The van der Waals surface area contributed by atoms with Crippen molar-refractivity contribution in [2.75, 3.05) is 13.2 Å². The molecule has 0 aliphatic rings. The molecule has 0 spiro atoms. The van der Waals surface area contributed by atoms with Crippen molar-refractivity contribution in [3.63, 3.8) is 0 Å². The summed E-state index contributed by atoms with van der Waals surface area (Å²) in [6.07, 6.45) is 2.18. The van der Waals surface area contributed by atoms with Crippen molar-refractivity contribution in [3.8, 4) is 11.8 Å². The molecule has 0 aromatic carbocycles. The molecule has 5 nitrogen and oxygen atoms in total. The minimum absolute atomic E-state index is 0.0387. The maximum absolute atomic E-state index is 11.8. The fourth-order valence-corrected chi connectivity index (χ4v) is 2.21. The van der Waals surface area contributed by atoms with E-state index in [1.54, 1.807) is 11.4 Å². The van der Waals surface area contributed by atoms with Crippen LogP contribution in [0.25, 0.3) is 0 Å². The summed E-state index contributed by atoms with van der Waals surface area (Å²) < 4.78 is 0. The minimum atomic E-state index is -0.319. The highest BCUT2D eigenvalue weighted by Crippen LogP contribution is 2.13. The SMILES string of the molecule is NC(=O)CCCCNC(=O)c1csc(C#CCCO)c1. The van der Waals surface area contributed by atoms with Crippen molar-refractivity contribution < 1.29 is 14.7 Å². The Morgan fingerprint density at radius 3 is 2.90 bits per heavy atom. The third-order valence-electron chi connectivity index (χ3n) is 2.45. The van der Waals surface area contributed by atoms with Crippen LogP contribution in [0.5, 0.6) is 0 Å². The normalized spacial score (nSPS) is 9.65. The molecule has 2 amide bonds. The Bertz CT molecular complexity index is 514. The van der Waals surface area contributed by atoms with Crippen molar-refractivity contribution in [1.82, 2.24) is 5.32 Å². The number of thiophene rings is 1. The zero-order valence-corrected chi connectivity index (χ0v) is 12.0. The van der Waals surface area contributed by atoms with Crippen LogP contribution in [0.4, 0.5) is 0 Å². The standard InChI is InChI=1S/C14H18N2O3S/c15-13(18)6-1-3-7-16-14(19)11-9-12(20-10-11)5-2-4-8-17/h9-10,17H,1,3-4,6-8H2,(H2,15,18)(H,16,19). The third-order valence-corrected chi connectivity index (χ3v) is 3.29. The molecule has 0 saturated heterocycles. The fraction of sp³-hybridized carbons (Fsp3) is 0.429. The van der Waals surface area contributed by atoms with Crippen LogP contribution in [-0.2, 0) is 4.79 Å². The van der Waals surface area contributed by atoms with Crippen LogP contribution >= 0.6 is 11.3 Å². The van der Waals surface area contributed by atoms with Gasteiger partial charge in [-0.15, -0.1) is 11.3 Å². The van der Waals surface area contributed by atoms with Gasteiger partial charge in [-0.25, -0.2) is 0 Å². The first kappa shape index (κ1) is 16.2. The summed E-state index contributed by atoms with van der Waals surface area (Å²) in [6, 6.07) is 1.73. The van der Waals surface area contributed by atoms with E-state index >= 15 is 0 Å². The van der Waals surface area contributed by atoms with E-state index in [1.165, 1.54) is 11.3 Å². The number of rotatable bonds is 7. The Kier molecular flexibility index (Phi) is 7.40. The summed E-state index contributed by atoms with van der Waals surface area (Å²) in [7, 11) is 0. The maximum Gasteiger partial charge on any atom is 0.252 e. The summed E-state index contributed by atoms with van der Waals surface area (Å²) in [5.74, 6) is 5.23. The number of unbranched alkanes of at least 4 members (excludes halogenated alkanes) is 1. The smallest absolute Gasteiger partial charge is 0.252 e. The molecule has 6 heteroatoms. The van der Waals surface area contributed by atoms with Gasteiger partial charge in [-0.3, -0.25) is 9.59 Å². The molecule has 1 heterocycles. The molecule has 108 valence electrons. The highest BCUT2D eigenvalue weighted by molar-refractivity contribution is 7.10. The molecule has 1 aromatic rings. The maximum atomic E-state index is 11.8. The van der Waals surface area contributed by atoms with E-state index in [-0.39, 0.29) is 18.4 Å². The first-order valence-corrected chi connectivity index (χ1v) is 7.26. The number of hydrogen-bond donors (Lipinski definition) is 3. The quantitative estimate of drug-likeness (QED) is 0.514. The van der Waals surface area contributed by atoms with E-state index in [0.717, 1.165) is 11.3 Å². The van der Waals surface area contributed by atoms with Crippen LogP contribution in [0.1, 0.15) is 40.9 Å². The average molecular weight is 294 g/mol. The van der Waals surface area contributed by atoms with Gasteiger partial charge in [-0.2, -0.15) is 0 Å². The average Bonchev–Trinajstić information content (AvgIpc) is 2.87. The van der Waals surface area contributed by atoms with Gasteiger partial charge < -0.3 is 16.2 Å². The lowest BCUT2D eigenvalue weighted by molar-refractivity contribution is -0.118. The number of primary amides is 1. The summed E-state index contributed by atoms with van der Waals surface area (Å²) >= 11 is 1.40. The Morgan fingerprint density at radius 1 is 1.40 bits per heavy atom. The zero-order chi connectivity index (χ0) is 14.8. The topological polar surface area (TPSA) is 92.4 Å². The predicted molar refractivity (Wildman–Crippen MR) is 78.3 cm³/mol. The van der Waals surface area contributed by atoms with Gasteiger partial charge in [-0.1, -0.05) is 11.8 Å². The second kappa shape index (κ2) is 9.13. The number of nitrogens with two attached hydrogens (primary N) is 1. The number of hydrogen-bond acceptors (Lipinski definition) is 4. The third kappa shape index (κ3) is 6.36. The Labute approximate surface area is 122 Å². The molecule has 0 saturated carbocycles. The molecule has 1 rings (SSSR count). The molecule has 4 N–H and O–H groups in total. The second-order valence-corrected chi connectivity index (χ2v) is 5.07.